The fourth-order valence-corrected chi connectivity index (χ4v) is 3.95. The zero-order valence-electron chi connectivity index (χ0n) is 15.0. The number of rotatable bonds is 8. The normalized spacial score (nSPS) is 15.7. The van der Waals surface area contributed by atoms with Gasteiger partial charge in [-0.1, -0.05) is 24.0 Å². The van der Waals surface area contributed by atoms with Crippen LogP contribution >= 0.6 is 24.0 Å². The van der Waals surface area contributed by atoms with Gasteiger partial charge in [-0.25, -0.2) is 4.98 Å². The van der Waals surface area contributed by atoms with Crippen molar-refractivity contribution in [3.63, 3.8) is 0 Å². The van der Waals surface area contributed by atoms with Gasteiger partial charge < -0.3 is 14.5 Å². The fourth-order valence-electron chi connectivity index (χ4n) is 2.66. The summed E-state index contributed by atoms with van der Waals surface area (Å²) in [5, 5.41) is 2.88. The lowest BCUT2D eigenvalue weighted by Crippen LogP contribution is -2.34. The summed E-state index contributed by atoms with van der Waals surface area (Å²) < 4.78 is 4.39. The quantitative estimate of drug-likeness (QED) is 0.415. The molecule has 0 spiro atoms. The Morgan fingerprint density at radius 1 is 1.37 bits per heavy atom. The molecule has 1 aliphatic rings. The second-order valence-electron chi connectivity index (χ2n) is 6.13. The van der Waals surface area contributed by atoms with E-state index in [1.54, 1.807) is 12.5 Å². The maximum atomic E-state index is 12.6. The minimum absolute atomic E-state index is 0.0823. The second kappa shape index (κ2) is 9.01. The van der Waals surface area contributed by atoms with Crippen LogP contribution in [0.2, 0.25) is 0 Å². The van der Waals surface area contributed by atoms with E-state index in [2.05, 4.69) is 10.3 Å². The van der Waals surface area contributed by atoms with Crippen LogP contribution in [0.5, 0.6) is 0 Å². The number of carbonyl (C=O) groups excluding carboxylic acids is 2. The molecule has 1 aliphatic heterocycles. The highest BCUT2D eigenvalue weighted by molar-refractivity contribution is 8.26. The zero-order valence-corrected chi connectivity index (χ0v) is 16.6. The van der Waals surface area contributed by atoms with Gasteiger partial charge >= 0.3 is 0 Å². The third kappa shape index (κ3) is 5.08. The van der Waals surface area contributed by atoms with Crippen molar-refractivity contribution in [2.75, 3.05) is 13.1 Å². The highest BCUT2D eigenvalue weighted by Gasteiger charge is 2.32. The van der Waals surface area contributed by atoms with E-state index in [-0.39, 0.29) is 18.2 Å². The molecule has 0 atom stereocenters. The summed E-state index contributed by atoms with van der Waals surface area (Å²) in [4.78, 5) is 30.6. The van der Waals surface area contributed by atoms with Crippen molar-refractivity contribution in [3.05, 3.63) is 47.6 Å². The Bertz CT molecular complexity index is 857. The molecule has 0 saturated carbocycles. The van der Waals surface area contributed by atoms with Crippen LogP contribution in [0.25, 0.3) is 6.08 Å². The Hall–Kier alpha value is -2.39. The molecule has 0 radical (unpaired) electrons. The van der Waals surface area contributed by atoms with Crippen molar-refractivity contribution in [1.29, 1.82) is 0 Å². The number of nitrogens with one attached hydrogen (secondary N) is 1. The Kier molecular flexibility index (Phi) is 6.46. The van der Waals surface area contributed by atoms with Gasteiger partial charge in [0.15, 0.2) is 0 Å². The Morgan fingerprint density at radius 3 is 2.93 bits per heavy atom. The van der Waals surface area contributed by atoms with Crippen LogP contribution in [-0.4, -0.2) is 48.2 Å². The summed E-state index contributed by atoms with van der Waals surface area (Å²) in [6.45, 7) is 1.68. The number of carbonyl (C=O) groups is 2. The van der Waals surface area contributed by atoms with Crippen molar-refractivity contribution in [2.45, 2.75) is 19.4 Å². The third-order valence-corrected chi connectivity index (χ3v) is 5.55. The molecule has 2 amide bonds. The fraction of sp³-hybridized carbons (Fsp3) is 0.333. The molecule has 2 aromatic heterocycles. The largest absolute Gasteiger partial charge is 0.356 e. The molecular formula is C18H21N5O2S2. The molecule has 3 heterocycles. The van der Waals surface area contributed by atoms with Gasteiger partial charge in [0.2, 0.25) is 5.91 Å². The summed E-state index contributed by atoms with van der Waals surface area (Å²) in [6.07, 6.45) is 10.2. The standard InChI is InChI=1S/C18H21N5O2S2/c1-21-8-2-4-14(21)12-15-17(25)23(18(26)27-15)10-5-16(24)20-6-3-9-22-11-7-19-13-22/h2,4,7-8,11-13H,3,5-6,9-10H2,1H3,(H,20,24). The SMILES string of the molecule is Cn1cccc1C=C1SC(=S)N(CCC(=O)NCCCn2ccnc2)C1=O. The summed E-state index contributed by atoms with van der Waals surface area (Å²) in [7, 11) is 1.92. The molecule has 142 valence electrons. The number of hydrogen-bond acceptors (Lipinski definition) is 5. The highest BCUT2D eigenvalue weighted by atomic mass is 32.2. The van der Waals surface area contributed by atoms with Crippen LogP contribution in [0.3, 0.4) is 0 Å². The predicted molar refractivity (Wildman–Crippen MR) is 110 cm³/mol. The maximum absolute atomic E-state index is 12.6. The first kappa shape index (κ1) is 19.4. The summed E-state index contributed by atoms with van der Waals surface area (Å²) >= 11 is 6.58. The van der Waals surface area contributed by atoms with Gasteiger partial charge in [-0.15, -0.1) is 0 Å². The molecule has 1 saturated heterocycles. The van der Waals surface area contributed by atoms with E-state index in [9.17, 15) is 9.59 Å². The van der Waals surface area contributed by atoms with E-state index in [1.807, 2.05) is 46.8 Å². The Labute approximate surface area is 167 Å². The lowest BCUT2D eigenvalue weighted by Gasteiger charge is -2.14. The molecule has 0 aliphatic carbocycles. The molecule has 0 aromatic carbocycles. The Balaban J connectivity index is 1.44. The van der Waals surface area contributed by atoms with Crippen LogP contribution in [0.4, 0.5) is 0 Å². The number of nitrogens with zero attached hydrogens (tertiary/aromatic N) is 4. The average molecular weight is 404 g/mol. The topological polar surface area (TPSA) is 72.2 Å². The number of aromatic nitrogens is 3. The van der Waals surface area contributed by atoms with E-state index >= 15 is 0 Å². The van der Waals surface area contributed by atoms with Crippen molar-refractivity contribution < 1.29 is 9.59 Å². The van der Waals surface area contributed by atoms with Crippen molar-refractivity contribution in [3.8, 4) is 0 Å². The zero-order chi connectivity index (χ0) is 19.2. The highest BCUT2D eigenvalue weighted by Crippen LogP contribution is 2.32. The smallest absolute Gasteiger partial charge is 0.266 e. The van der Waals surface area contributed by atoms with Gasteiger partial charge in [-0.3, -0.25) is 14.5 Å². The van der Waals surface area contributed by atoms with Crippen LogP contribution in [0.1, 0.15) is 18.5 Å². The number of amides is 2. The van der Waals surface area contributed by atoms with Crippen LogP contribution < -0.4 is 5.32 Å². The molecule has 0 bridgehead atoms. The molecular weight excluding hydrogens is 382 g/mol. The molecule has 0 unspecified atom stereocenters. The van der Waals surface area contributed by atoms with Gasteiger partial charge in [0, 0.05) is 57.4 Å². The first-order valence-electron chi connectivity index (χ1n) is 8.64. The number of thioether (sulfide) groups is 1. The first-order valence-corrected chi connectivity index (χ1v) is 9.86. The monoisotopic (exact) mass is 403 g/mol. The van der Waals surface area contributed by atoms with E-state index < -0.39 is 0 Å². The van der Waals surface area contributed by atoms with Gasteiger partial charge in [-0.05, 0) is 24.6 Å². The van der Waals surface area contributed by atoms with Crippen LogP contribution in [0.15, 0.2) is 42.0 Å². The Morgan fingerprint density at radius 2 is 2.22 bits per heavy atom. The molecule has 7 nitrogen and oxygen atoms in total. The van der Waals surface area contributed by atoms with Crippen molar-refractivity contribution in [2.24, 2.45) is 7.05 Å². The average Bonchev–Trinajstić information content (AvgIpc) is 3.35. The van der Waals surface area contributed by atoms with Crippen molar-refractivity contribution in [1.82, 2.24) is 24.3 Å². The predicted octanol–water partition coefficient (Wildman–Crippen LogP) is 2.02. The van der Waals surface area contributed by atoms with Crippen LogP contribution in [-0.2, 0) is 23.2 Å². The molecule has 9 heteroatoms. The van der Waals surface area contributed by atoms with Gasteiger partial charge in [0.25, 0.3) is 5.91 Å². The molecule has 3 rings (SSSR count). The number of thiocarbonyl (C=S) groups is 1. The van der Waals surface area contributed by atoms with Crippen LogP contribution in [0, 0.1) is 0 Å². The minimum atomic E-state index is -0.140. The van der Waals surface area contributed by atoms with Gasteiger partial charge in [0.05, 0.1) is 11.2 Å². The van der Waals surface area contributed by atoms with E-state index in [0.717, 1.165) is 18.7 Å². The van der Waals surface area contributed by atoms with E-state index in [1.165, 1.54) is 16.7 Å². The number of imidazole rings is 1. The van der Waals surface area contributed by atoms with Gasteiger partial charge in [0.1, 0.15) is 4.32 Å². The lowest BCUT2D eigenvalue weighted by atomic mass is 10.3. The summed E-state index contributed by atoms with van der Waals surface area (Å²) in [5.41, 5.74) is 0.936. The maximum Gasteiger partial charge on any atom is 0.266 e. The second-order valence-corrected chi connectivity index (χ2v) is 7.81. The van der Waals surface area contributed by atoms with Gasteiger partial charge in [-0.2, -0.15) is 0 Å². The number of hydrogen-bond donors (Lipinski definition) is 1. The lowest BCUT2D eigenvalue weighted by molar-refractivity contribution is -0.123. The van der Waals surface area contributed by atoms with E-state index in [0.29, 0.717) is 22.3 Å². The van der Waals surface area contributed by atoms with Crippen molar-refractivity contribution >= 4 is 46.2 Å². The van der Waals surface area contributed by atoms with E-state index in [4.69, 9.17) is 12.2 Å². The third-order valence-electron chi connectivity index (χ3n) is 4.17. The first-order chi connectivity index (χ1) is 13.0. The molecule has 27 heavy (non-hydrogen) atoms. The number of aryl methyl sites for hydroxylation is 2. The summed E-state index contributed by atoms with van der Waals surface area (Å²) in [6, 6.07) is 3.85. The minimum Gasteiger partial charge on any atom is -0.356 e. The summed E-state index contributed by atoms with van der Waals surface area (Å²) in [5.74, 6) is -0.222. The molecule has 1 fully saturated rings. The molecule has 2 aromatic rings. The molecule has 1 N–H and O–H groups in total.